The number of aromatic nitrogens is 4. The summed E-state index contributed by atoms with van der Waals surface area (Å²) >= 11 is 0. The standard InChI is InChI=1S/C15H18N6O/c1-10(2)15-19-13(20-22-15)11-4-3-7-21(9-11)14-12(8-16)17-5-6-18-14/h5-6,10-11H,3-4,7,9H2,1-2H3/t11-/m0/s1. The minimum Gasteiger partial charge on any atom is -0.353 e. The number of piperidine rings is 1. The van der Waals surface area contributed by atoms with Crippen LogP contribution in [0.2, 0.25) is 0 Å². The molecule has 7 heteroatoms. The molecular formula is C15H18N6O. The molecule has 0 unspecified atom stereocenters. The molecule has 22 heavy (non-hydrogen) atoms. The van der Waals surface area contributed by atoms with E-state index in [9.17, 15) is 5.26 Å². The highest BCUT2D eigenvalue weighted by molar-refractivity contribution is 5.50. The summed E-state index contributed by atoms with van der Waals surface area (Å²) in [6.45, 7) is 5.65. The lowest BCUT2D eigenvalue weighted by atomic mass is 9.97. The van der Waals surface area contributed by atoms with Gasteiger partial charge in [-0.25, -0.2) is 9.97 Å². The number of nitrogens with zero attached hydrogens (tertiary/aromatic N) is 6. The zero-order valence-electron chi connectivity index (χ0n) is 12.7. The molecule has 1 fully saturated rings. The number of nitriles is 1. The average Bonchev–Trinajstić information content (AvgIpc) is 3.05. The van der Waals surface area contributed by atoms with Crippen molar-refractivity contribution in [2.75, 3.05) is 18.0 Å². The van der Waals surface area contributed by atoms with Crippen molar-refractivity contribution < 1.29 is 4.52 Å². The van der Waals surface area contributed by atoms with Gasteiger partial charge in [-0.3, -0.25) is 0 Å². The molecule has 0 aromatic carbocycles. The second-order valence-corrected chi connectivity index (χ2v) is 5.77. The van der Waals surface area contributed by atoms with Crippen molar-refractivity contribution in [3.05, 3.63) is 29.8 Å². The third-order valence-corrected chi connectivity index (χ3v) is 3.82. The predicted molar refractivity (Wildman–Crippen MR) is 79.3 cm³/mol. The van der Waals surface area contributed by atoms with Crippen LogP contribution in [0.4, 0.5) is 5.82 Å². The zero-order valence-corrected chi connectivity index (χ0v) is 12.7. The first-order chi connectivity index (χ1) is 10.7. The van der Waals surface area contributed by atoms with E-state index in [2.05, 4.69) is 31.1 Å². The van der Waals surface area contributed by atoms with E-state index in [1.54, 1.807) is 6.20 Å². The van der Waals surface area contributed by atoms with Gasteiger partial charge in [-0.05, 0) is 12.8 Å². The summed E-state index contributed by atoms with van der Waals surface area (Å²) in [5, 5.41) is 13.3. The summed E-state index contributed by atoms with van der Waals surface area (Å²) in [5.74, 6) is 2.48. The van der Waals surface area contributed by atoms with Crippen LogP contribution in [0, 0.1) is 11.3 Å². The Morgan fingerprint density at radius 2 is 2.18 bits per heavy atom. The summed E-state index contributed by atoms with van der Waals surface area (Å²) in [7, 11) is 0. The van der Waals surface area contributed by atoms with E-state index < -0.39 is 0 Å². The third-order valence-electron chi connectivity index (χ3n) is 3.82. The molecule has 0 amide bonds. The van der Waals surface area contributed by atoms with Gasteiger partial charge in [0.15, 0.2) is 17.3 Å². The molecule has 114 valence electrons. The summed E-state index contributed by atoms with van der Waals surface area (Å²) in [6, 6.07) is 2.10. The van der Waals surface area contributed by atoms with Crippen molar-refractivity contribution in [3.8, 4) is 6.07 Å². The Bertz CT molecular complexity index is 689. The highest BCUT2D eigenvalue weighted by atomic mass is 16.5. The highest BCUT2D eigenvalue weighted by Gasteiger charge is 2.27. The lowest BCUT2D eigenvalue weighted by Gasteiger charge is -2.32. The number of hydrogen-bond donors (Lipinski definition) is 0. The van der Waals surface area contributed by atoms with Crippen LogP contribution in [0.5, 0.6) is 0 Å². The summed E-state index contributed by atoms with van der Waals surface area (Å²) < 4.78 is 5.31. The molecule has 1 aliphatic rings. The SMILES string of the molecule is CC(C)c1nc([C@H]2CCCN(c3nccnc3C#N)C2)no1. The van der Waals surface area contributed by atoms with Crippen molar-refractivity contribution in [3.63, 3.8) is 0 Å². The molecule has 3 rings (SSSR count). The molecule has 1 saturated heterocycles. The van der Waals surface area contributed by atoms with E-state index in [1.165, 1.54) is 6.20 Å². The lowest BCUT2D eigenvalue weighted by Crippen LogP contribution is -2.36. The average molecular weight is 298 g/mol. The van der Waals surface area contributed by atoms with E-state index in [4.69, 9.17) is 4.52 Å². The number of rotatable bonds is 3. The van der Waals surface area contributed by atoms with E-state index in [1.807, 2.05) is 13.8 Å². The van der Waals surface area contributed by atoms with Crippen molar-refractivity contribution in [2.24, 2.45) is 0 Å². The third kappa shape index (κ3) is 2.77. The maximum atomic E-state index is 9.18. The van der Waals surface area contributed by atoms with Gasteiger partial charge in [-0.15, -0.1) is 0 Å². The number of hydrogen-bond acceptors (Lipinski definition) is 7. The normalized spacial score (nSPS) is 18.5. The van der Waals surface area contributed by atoms with Crippen LogP contribution in [-0.4, -0.2) is 33.2 Å². The zero-order chi connectivity index (χ0) is 15.5. The minimum atomic E-state index is 0.193. The molecule has 0 N–H and O–H groups in total. The van der Waals surface area contributed by atoms with Gasteiger partial charge in [0.05, 0.1) is 0 Å². The van der Waals surface area contributed by atoms with Gasteiger partial charge >= 0.3 is 0 Å². The van der Waals surface area contributed by atoms with Crippen LogP contribution in [0.1, 0.15) is 55.9 Å². The van der Waals surface area contributed by atoms with Crippen molar-refractivity contribution in [1.29, 1.82) is 5.26 Å². The van der Waals surface area contributed by atoms with Gasteiger partial charge in [0, 0.05) is 37.3 Å². The molecule has 1 aliphatic heterocycles. The molecule has 2 aromatic rings. The van der Waals surface area contributed by atoms with Crippen LogP contribution in [-0.2, 0) is 0 Å². The molecule has 0 bridgehead atoms. The Morgan fingerprint density at radius 1 is 1.36 bits per heavy atom. The fourth-order valence-corrected chi connectivity index (χ4v) is 2.67. The summed E-state index contributed by atoms with van der Waals surface area (Å²) in [5.41, 5.74) is 0.360. The Morgan fingerprint density at radius 3 is 2.91 bits per heavy atom. The predicted octanol–water partition coefficient (Wildman–Crippen LogP) is 2.24. The van der Waals surface area contributed by atoms with Crippen molar-refractivity contribution in [2.45, 2.75) is 38.5 Å². The molecule has 0 radical (unpaired) electrons. The Hall–Kier alpha value is -2.49. The maximum absolute atomic E-state index is 9.18. The first-order valence-corrected chi connectivity index (χ1v) is 7.48. The van der Waals surface area contributed by atoms with E-state index in [0.29, 0.717) is 17.4 Å². The maximum Gasteiger partial charge on any atom is 0.229 e. The van der Waals surface area contributed by atoms with Gasteiger partial charge in [0.25, 0.3) is 0 Å². The van der Waals surface area contributed by atoms with Crippen LogP contribution in [0.15, 0.2) is 16.9 Å². The molecule has 0 spiro atoms. The second-order valence-electron chi connectivity index (χ2n) is 5.77. The van der Waals surface area contributed by atoms with E-state index >= 15 is 0 Å². The number of anilines is 1. The quantitative estimate of drug-likeness (QED) is 0.858. The smallest absolute Gasteiger partial charge is 0.229 e. The summed E-state index contributed by atoms with van der Waals surface area (Å²) in [4.78, 5) is 15.0. The molecule has 7 nitrogen and oxygen atoms in total. The van der Waals surface area contributed by atoms with Crippen LogP contribution in [0.3, 0.4) is 0 Å². The Balaban J connectivity index is 1.80. The lowest BCUT2D eigenvalue weighted by molar-refractivity contribution is 0.354. The van der Waals surface area contributed by atoms with E-state index in [0.717, 1.165) is 31.8 Å². The minimum absolute atomic E-state index is 0.193. The monoisotopic (exact) mass is 298 g/mol. The second kappa shape index (κ2) is 6.10. The van der Waals surface area contributed by atoms with Gasteiger partial charge in [0.2, 0.25) is 5.89 Å². The van der Waals surface area contributed by atoms with Crippen molar-refractivity contribution >= 4 is 5.82 Å². The molecular weight excluding hydrogens is 280 g/mol. The Labute approximate surface area is 129 Å². The van der Waals surface area contributed by atoms with Crippen molar-refractivity contribution in [1.82, 2.24) is 20.1 Å². The van der Waals surface area contributed by atoms with Gasteiger partial charge < -0.3 is 9.42 Å². The highest BCUT2D eigenvalue weighted by Crippen LogP contribution is 2.29. The topological polar surface area (TPSA) is 91.7 Å². The van der Waals surface area contributed by atoms with Gasteiger partial charge in [0.1, 0.15) is 6.07 Å². The van der Waals surface area contributed by atoms with Gasteiger partial charge in [-0.1, -0.05) is 19.0 Å². The molecule has 1 atom stereocenters. The van der Waals surface area contributed by atoms with Crippen LogP contribution in [0.25, 0.3) is 0 Å². The molecule has 2 aromatic heterocycles. The van der Waals surface area contributed by atoms with E-state index in [-0.39, 0.29) is 11.8 Å². The fourth-order valence-electron chi connectivity index (χ4n) is 2.67. The first-order valence-electron chi connectivity index (χ1n) is 7.48. The first kappa shape index (κ1) is 14.4. The Kier molecular flexibility index (Phi) is 4.00. The largest absolute Gasteiger partial charge is 0.353 e. The van der Waals surface area contributed by atoms with Crippen LogP contribution < -0.4 is 4.90 Å². The summed E-state index contributed by atoms with van der Waals surface area (Å²) in [6.07, 6.45) is 5.16. The molecule has 3 heterocycles. The molecule has 0 aliphatic carbocycles. The fraction of sp³-hybridized carbons (Fsp3) is 0.533. The van der Waals surface area contributed by atoms with Gasteiger partial charge in [-0.2, -0.15) is 10.2 Å². The van der Waals surface area contributed by atoms with Crippen LogP contribution >= 0.6 is 0 Å². The molecule has 0 saturated carbocycles.